The minimum atomic E-state index is -6.13. The van der Waals surface area contributed by atoms with Gasteiger partial charge in [0, 0.05) is 5.56 Å². The number of carbonyl (C=O) groups is 1. The topological polar surface area (TPSA) is 17.1 Å². The second-order valence-corrected chi connectivity index (χ2v) is 17.7. The molecule has 0 spiro atoms. The average Bonchev–Trinajstić information content (AvgIpc) is 3.21. The van der Waals surface area contributed by atoms with Crippen LogP contribution in [0.1, 0.15) is 61.8 Å². The van der Waals surface area contributed by atoms with Gasteiger partial charge >= 0.3 is 49.4 Å². The molecule has 1 nitrogen and oxygen atoms in total. The third kappa shape index (κ3) is 13.5. The van der Waals surface area contributed by atoms with Crippen LogP contribution in [0.3, 0.4) is 0 Å². The highest BCUT2D eigenvalue weighted by Gasteiger charge is 2.47. The molecule has 0 bridgehead atoms. The van der Waals surface area contributed by atoms with Crippen LogP contribution in [0.2, 0.25) is 0 Å². The van der Waals surface area contributed by atoms with Gasteiger partial charge in [0.1, 0.15) is 11.9 Å². The van der Waals surface area contributed by atoms with Crippen LogP contribution in [0.4, 0.5) is 105 Å². The first-order chi connectivity index (χ1) is 31.5. The van der Waals surface area contributed by atoms with Crippen molar-refractivity contribution in [3.63, 3.8) is 0 Å². The summed E-state index contributed by atoms with van der Waals surface area (Å²) < 4.78 is 341. The first-order valence-corrected chi connectivity index (χ1v) is 21.0. The first-order valence-electron chi connectivity index (χ1n) is 19.0. The Labute approximate surface area is 381 Å². The summed E-state index contributed by atoms with van der Waals surface area (Å²) in [6, 6.07) is 0.710. The van der Waals surface area contributed by atoms with E-state index in [0.29, 0.717) is 5.75 Å². The molecule has 1 unspecified atom stereocenters. The highest BCUT2D eigenvalue weighted by Crippen LogP contribution is 2.41. The van der Waals surface area contributed by atoms with Gasteiger partial charge in [-0.1, -0.05) is 78.9 Å². The highest BCUT2D eigenvalue weighted by atomic mass is 32.2. The third-order valence-electron chi connectivity index (χ3n) is 10.4. The standard InChI is InChI=1S/C32H12BF24.C11H15OS/c34-25(35,36)13-1-14(26(37,38)39)6-21(5-13)33(22-7-15(27(40,41)42)2-16(8-22)28(43,44)45,23-9-17(29(46,47)48)3-18(10-23)30(49,50)51)24-11-19(31(52,53)54)4-20(12-24)32(55,56)57;1-3-13(2)9-11(12)10-7-5-4-6-8-10/h1-12H;4-8H,3,9H2,1-2H3/q-1;+1. The van der Waals surface area contributed by atoms with E-state index in [1.807, 2.05) is 30.3 Å². The Morgan fingerprint density at radius 2 is 0.571 bits per heavy atom. The number of ketones is 1. The zero-order chi connectivity index (χ0) is 53.6. The summed E-state index contributed by atoms with van der Waals surface area (Å²) in [7, 11) is 0.243. The number of benzene rings is 5. The van der Waals surface area contributed by atoms with E-state index in [-0.39, 0.29) is 16.7 Å². The molecular weight excluding hydrogens is 1030 g/mol. The molecule has 0 saturated heterocycles. The molecule has 1 atom stereocenters. The molecule has 0 saturated carbocycles. The van der Waals surface area contributed by atoms with E-state index in [0.717, 1.165) is 11.3 Å². The zero-order valence-corrected chi connectivity index (χ0v) is 35.5. The van der Waals surface area contributed by atoms with Crippen molar-refractivity contribution in [2.45, 2.75) is 56.3 Å². The minimum Gasteiger partial charge on any atom is -0.289 e. The molecular formula is C43H27BF24OS. The fraction of sp³-hybridized carbons (Fsp3) is 0.279. The Hall–Kier alpha value is -5.50. The molecule has 70 heavy (non-hydrogen) atoms. The molecule has 0 N–H and O–H groups in total. The van der Waals surface area contributed by atoms with Crippen molar-refractivity contribution < 1.29 is 110 Å². The zero-order valence-electron chi connectivity index (χ0n) is 34.7. The molecule has 27 heteroatoms. The second kappa shape index (κ2) is 19.6. The van der Waals surface area contributed by atoms with Gasteiger partial charge in [-0.05, 0) is 42.1 Å². The van der Waals surface area contributed by atoms with Crippen LogP contribution in [0.25, 0.3) is 0 Å². The number of rotatable bonds is 8. The fourth-order valence-corrected chi connectivity index (χ4v) is 7.92. The van der Waals surface area contributed by atoms with Gasteiger partial charge in [-0.2, -0.15) is 127 Å². The van der Waals surface area contributed by atoms with Gasteiger partial charge in [0.25, 0.3) is 0 Å². The molecule has 0 amide bonds. The van der Waals surface area contributed by atoms with Gasteiger partial charge in [0.15, 0.2) is 5.75 Å². The Morgan fingerprint density at radius 3 is 0.743 bits per heavy atom. The van der Waals surface area contributed by atoms with Gasteiger partial charge in [0.05, 0.1) is 50.8 Å². The Balaban J connectivity index is 0.000000707. The molecule has 0 fully saturated rings. The number of hydrogen-bond acceptors (Lipinski definition) is 1. The van der Waals surface area contributed by atoms with Crippen molar-refractivity contribution >= 4 is 44.7 Å². The van der Waals surface area contributed by atoms with Crippen LogP contribution in [0.15, 0.2) is 103 Å². The van der Waals surface area contributed by atoms with Gasteiger partial charge in [-0.3, -0.25) is 4.79 Å². The molecule has 0 aromatic heterocycles. The first kappa shape index (κ1) is 57.1. The monoisotopic (exact) mass is 1060 g/mol. The van der Waals surface area contributed by atoms with Crippen LogP contribution in [-0.4, -0.2) is 29.7 Å². The van der Waals surface area contributed by atoms with E-state index in [4.69, 9.17) is 0 Å². The van der Waals surface area contributed by atoms with E-state index in [1.165, 1.54) is 0 Å². The van der Waals surface area contributed by atoms with E-state index >= 15 is 0 Å². The summed E-state index contributed by atoms with van der Waals surface area (Å²) in [5.41, 5.74) is -29.4. The van der Waals surface area contributed by atoms with Crippen molar-refractivity contribution in [1.82, 2.24) is 0 Å². The van der Waals surface area contributed by atoms with E-state index in [1.54, 1.807) is 0 Å². The smallest absolute Gasteiger partial charge is 0.289 e. The summed E-state index contributed by atoms with van der Waals surface area (Å²) in [6.45, 7) is 2.13. The van der Waals surface area contributed by atoms with Gasteiger partial charge < -0.3 is 0 Å². The molecule has 0 heterocycles. The fourth-order valence-electron chi connectivity index (χ4n) is 7.10. The molecule has 0 aliphatic heterocycles. The van der Waals surface area contributed by atoms with E-state index in [2.05, 4.69) is 13.2 Å². The summed E-state index contributed by atoms with van der Waals surface area (Å²) in [6.07, 6.45) is -52.7. The lowest BCUT2D eigenvalue weighted by atomic mass is 9.12. The summed E-state index contributed by atoms with van der Waals surface area (Å²) in [5.74, 6) is 2.06. The minimum absolute atomic E-state index is 0.243. The van der Waals surface area contributed by atoms with Gasteiger partial charge in [-0.15, -0.1) is 0 Å². The molecule has 0 aliphatic carbocycles. The molecule has 5 rings (SSSR count). The van der Waals surface area contributed by atoms with Crippen LogP contribution in [0.5, 0.6) is 0 Å². The van der Waals surface area contributed by atoms with Crippen LogP contribution >= 0.6 is 0 Å². The van der Waals surface area contributed by atoms with Crippen LogP contribution in [0, 0.1) is 0 Å². The normalized spacial score (nSPS) is 14.0. The number of Topliss-reactive ketones (excluding diaryl/α,β-unsaturated/α-hetero) is 1. The second-order valence-electron chi connectivity index (χ2n) is 15.2. The Bertz CT molecular complexity index is 2210. The predicted molar refractivity (Wildman–Crippen MR) is 210 cm³/mol. The largest absolute Gasteiger partial charge is 0.416 e. The predicted octanol–water partition coefficient (Wildman–Crippen LogP) is 13.4. The van der Waals surface area contributed by atoms with E-state index in [9.17, 15) is 110 Å². The van der Waals surface area contributed by atoms with Crippen molar-refractivity contribution in [3.8, 4) is 0 Å². The number of carbonyl (C=O) groups excluding carboxylic acids is 1. The van der Waals surface area contributed by atoms with Crippen molar-refractivity contribution in [2.75, 3.05) is 17.8 Å². The third-order valence-corrected chi connectivity index (χ3v) is 12.1. The van der Waals surface area contributed by atoms with Crippen molar-refractivity contribution in [3.05, 3.63) is 153 Å². The summed E-state index contributed by atoms with van der Waals surface area (Å²) >= 11 is 0. The Morgan fingerprint density at radius 1 is 0.371 bits per heavy atom. The van der Waals surface area contributed by atoms with Gasteiger partial charge in [-0.25, -0.2) is 0 Å². The Kier molecular flexibility index (Phi) is 16.0. The summed E-state index contributed by atoms with van der Waals surface area (Å²) in [5, 5.41) is 0. The SMILES string of the molecule is CC[S+](C)CC(=O)c1ccccc1.FC(F)(F)c1cc([B-](c2cc(C(F)(F)F)cc(C(F)(F)F)c2)(c2cc(C(F)(F)F)cc(C(F)(F)F)c2)c2cc(C(F)(F)F)cc(C(F)(F)F)c2)cc(C(F)(F)F)c1. The average molecular weight is 1060 g/mol. The lowest BCUT2D eigenvalue weighted by molar-refractivity contribution is -0.144. The molecule has 5 aromatic carbocycles. The molecule has 5 aromatic rings. The number of alkyl halides is 24. The number of halogens is 24. The molecule has 0 aliphatic rings. The summed E-state index contributed by atoms with van der Waals surface area (Å²) in [4.78, 5) is 11.6. The molecule has 382 valence electrons. The maximum Gasteiger partial charge on any atom is 0.416 e. The quantitative estimate of drug-likeness (QED) is 0.0655. The maximum atomic E-state index is 14.2. The lowest BCUT2D eigenvalue weighted by Gasteiger charge is -2.46. The van der Waals surface area contributed by atoms with Gasteiger partial charge in [0.2, 0.25) is 5.78 Å². The molecule has 0 radical (unpaired) electrons. The van der Waals surface area contributed by atoms with E-state index < -0.39 is 195 Å². The maximum absolute atomic E-state index is 14.2. The lowest BCUT2D eigenvalue weighted by Crippen LogP contribution is -2.75. The van der Waals surface area contributed by atoms with Crippen LogP contribution in [-0.2, 0) is 60.3 Å². The van der Waals surface area contributed by atoms with Crippen molar-refractivity contribution in [1.29, 1.82) is 0 Å². The number of hydrogen-bond donors (Lipinski definition) is 0. The van der Waals surface area contributed by atoms with Crippen LogP contribution < -0.4 is 21.9 Å². The highest BCUT2D eigenvalue weighted by molar-refractivity contribution is 7.96. The van der Waals surface area contributed by atoms with Crippen molar-refractivity contribution in [2.24, 2.45) is 0 Å².